The highest BCUT2D eigenvalue weighted by molar-refractivity contribution is 5.92. The number of rotatable bonds is 2. The smallest absolute Gasteiger partial charge is 0.271 e. The van der Waals surface area contributed by atoms with Crippen molar-refractivity contribution in [3.8, 4) is 0 Å². The SMILES string of the molecule is Cc1cnc(C(=O)N[C@@H]2CCC[C@@H](C)[C@H]2C)cn1. The lowest BCUT2D eigenvalue weighted by molar-refractivity contribution is 0.0885. The van der Waals surface area contributed by atoms with Gasteiger partial charge in [-0.15, -0.1) is 0 Å². The fourth-order valence-electron chi connectivity index (χ4n) is 2.54. The number of hydrogen-bond donors (Lipinski definition) is 1. The molecule has 1 aliphatic rings. The molecule has 1 fully saturated rings. The zero-order valence-corrected chi connectivity index (χ0v) is 11.3. The molecule has 1 heterocycles. The Morgan fingerprint density at radius 3 is 2.72 bits per heavy atom. The number of amides is 1. The lowest BCUT2D eigenvalue weighted by Crippen LogP contribution is -2.43. The summed E-state index contributed by atoms with van der Waals surface area (Å²) in [6.45, 7) is 6.34. The zero-order chi connectivity index (χ0) is 13.1. The summed E-state index contributed by atoms with van der Waals surface area (Å²) >= 11 is 0. The van der Waals surface area contributed by atoms with Crippen LogP contribution in [0.5, 0.6) is 0 Å². The van der Waals surface area contributed by atoms with E-state index in [1.807, 2.05) is 6.92 Å². The summed E-state index contributed by atoms with van der Waals surface area (Å²) in [6, 6.07) is 0.268. The van der Waals surface area contributed by atoms with Crippen LogP contribution in [0.1, 0.15) is 49.3 Å². The van der Waals surface area contributed by atoms with Crippen molar-refractivity contribution in [2.75, 3.05) is 0 Å². The third-order valence-corrected chi connectivity index (χ3v) is 4.04. The Hall–Kier alpha value is -1.45. The lowest BCUT2D eigenvalue weighted by atomic mass is 9.78. The number of nitrogens with zero attached hydrogens (tertiary/aromatic N) is 2. The second-order valence-corrected chi connectivity index (χ2v) is 5.39. The maximum absolute atomic E-state index is 12.1. The van der Waals surface area contributed by atoms with Gasteiger partial charge in [-0.05, 0) is 25.2 Å². The molecule has 0 aliphatic heterocycles. The first-order valence-corrected chi connectivity index (χ1v) is 6.67. The number of aryl methyl sites for hydroxylation is 1. The molecule has 0 radical (unpaired) electrons. The summed E-state index contributed by atoms with van der Waals surface area (Å²) in [7, 11) is 0. The summed E-state index contributed by atoms with van der Waals surface area (Å²) in [5, 5.41) is 3.09. The molecule has 1 saturated carbocycles. The van der Waals surface area contributed by atoms with Crippen molar-refractivity contribution >= 4 is 5.91 Å². The second kappa shape index (κ2) is 5.46. The molecule has 4 heteroatoms. The Kier molecular flexibility index (Phi) is 3.94. The normalized spacial score (nSPS) is 27.8. The van der Waals surface area contributed by atoms with Crippen molar-refractivity contribution in [2.45, 2.75) is 46.1 Å². The summed E-state index contributed by atoms with van der Waals surface area (Å²) in [6.07, 6.45) is 6.69. The first-order valence-electron chi connectivity index (χ1n) is 6.67. The van der Waals surface area contributed by atoms with Crippen LogP contribution in [0.15, 0.2) is 12.4 Å². The van der Waals surface area contributed by atoms with Crippen molar-refractivity contribution in [1.82, 2.24) is 15.3 Å². The highest BCUT2D eigenvalue weighted by Gasteiger charge is 2.28. The minimum atomic E-state index is -0.103. The molecule has 1 aromatic rings. The first kappa shape index (κ1) is 13.0. The van der Waals surface area contributed by atoms with Crippen LogP contribution in [-0.4, -0.2) is 21.9 Å². The van der Waals surface area contributed by atoms with E-state index in [1.54, 1.807) is 12.4 Å². The maximum Gasteiger partial charge on any atom is 0.271 e. The van der Waals surface area contributed by atoms with E-state index >= 15 is 0 Å². The monoisotopic (exact) mass is 247 g/mol. The number of hydrogen-bond acceptors (Lipinski definition) is 3. The largest absolute Gasteiger partial charge is 0.348 e. The molecule has 4 nitrogen and oxygen atoms in total. The molecule has 1 N–H and O–H groups in total. The molecule has 3 atom stereocenters. The number of carbonyl (C=O) groups is 1. The highest BCUT2D eigenvalue weighted by Crippen LogP contribution is 2.29. The van der Waals surface area contributed by atoms with E-state index in [2.05, 4.69) is 29.1 Å². The summed E-state index contributed by atoms with van der Waals surface area (Å²) < 4.78 is 0. The topological polar surface area (TPSA) is 54.9 Å². The molecular formula is C14H21N3O. The molecule has 0 saturated heterocycles. The fraction of sp³-hybridized carbons (Fsp3) is 0.643. The second-order valence-electron chi connectivity index (χ2n) is 5.39. The van der Waals surface area contributed by atoms with Gasteiger partial charge in [0.1, 0.15) is 5.69 Å². The van der Waals surface area contributed by atoms with Gasteiger partial charge in [0.2, 0.25) is 0 Å². The van der Waals surface area contributed by atoms with Crippen LogP contribution in [0.2, 0.25) is 0 Å². The molecule has 2 rings (SSSR count). The van der Waals surface area contributed by atoms with Gasteiger partial charge in [0.15, 0.2) is 0 Å². The van der Waals surface area contributed by atoms with Crippen LogP contribution >= 0.6 is 0 Å². The van der Waals surface area contributed by atoms with E-state index in [9.17, 15) is 4.79 Å². The van der Waals surface area contributed by atoms with Gasteiger partial charge in [0, 0.05) is 12.2 Å². The van der Waals surface area contributed by atoms with Gasteiger partial charge in [0.25, 0.3) is 5.91 Å². The fourth-order valence-corrected chi connectivity index (χ4v) is 2.54. The van der Waals surface area contributed by atoms with Crippen LogP contribution in [-0.2, 0) is 0 Å². The van der Waals surface area contributed by atoms with Gasteiger partial charge >= 0.3 is 0 Å². The predicted octanol–water partition coefficient (Wildman–Crippen LogP) is 2.34. The Morgan fingerprint density at radius 1 is 1.28 bits per heavy atom. The average molecular weight is 247 g/mol. The van der Waals surface area contributed by atoms with E-state index in [0.29, 0.717) is 17.5 Å². The van der Waals surface area contributed by atoms with Crippen molar-refractivity contribution in [3.05, 3.63) is 23.8 Å². The van der Waals surface area contributed by atoms with Crippen LogP contribution in [0, 0.1) is 18.8 Å². The molecule has 1 aliphatic carbocycles. The van der Waals surface area contributed by atoms with Gasteiger partial charge < -0.3 is 5.32 Å². The van der Waals surface area contributed by atoms with Crippen LogP contribution < -0.4 is 5.32 Å². The summed E-state index contributed by atoms with van der Waals surface area (Å²) in [5.74, 6) is 1.10. The number of carbonyl (C=O) groups excluding carboxylic acids is 1. The van der Waals surface area contributed by atoms with Gasteiger partial charge in [-0.2, -0.15) is 0 Å². The van der Waals surface area contributed by atoms with Crippen molar-refractivity contribution < 1.29 is 4.79 Å². The van der Waals surface area contributed by atoms with Crippen molar-refractivity contribution in [1.29, 1.82) is 0 Å². The Morgan fingerprint density at radius 2 is 2.06 bits per heavy atom. The van der Waals surface area contributed by atoms with E-state index in [4.69, 9.17) is 0 Å². The molecule has 1 amide bonds. The van der Waals surface area contributed by atoms with Crippen LogP contribution in [0.25, 0.3) is 0 Å². The minimum Gasteiger partial charge on any atom is -0.348 e. The van der Waals surface area contributed by atoms with E-state index in [1.165, 1.54) is 12.8 Å². The average Bonchev–Trinajstić information content (AvgIpc) is 2.36. The molecule has 0 unspecified atom stereocenters. The highest BCUT2D eigenvalue weighted by atomic mass is 16.1. The van der Waals surface area contributed by atoms with Crippen molar-refractivity contribution in [3.63, 3.8) is 0 Å². The van der Waals surface area contributed by atoms with Gasteiger partial charge in [-0.3, -0.25) is 9.78 Å². The quantitative estimate of drug-likeness (QED) is 0.872. The third-order valence-electron chi connectivity index (χ3n) is 4.04. The Labute approximate surface area is 108 Å². The standard InChI is InChI=1S/C14H21N3O/c1-9-5-4-6-12(11(9)3)17-14(18)13-8-15-10(2)7-16-13/h7-9,11-12H,4-6H2,1-3H3,(H,17,18)/t9-,11-,12-/m1/s1. The molecule has 0 bridgehead atoms. The van der Waals surface area contributed by atoms with Gasteiger partial charge in [-0.1, -0.05) is 26.7 Å². The molecule has 1 aromatic heterocycles. The van der Waals surface area contributed by atoms with Gasteiger partial charge in [-0.25, -0.2) is 4.98 Å². The molecular weight excluding hydrogens is 226 g/mol. The first-order chi connectivity index (χ1) is 8.58. The van der Waals surface area contributed by atoms with Gasteiger partial charge in [0.05, 0.1) is 11.9 Å². The number of nitrogens with one attached hydrogen (secondary N) is 1. The third kappa shape index (κ3) is 2.86. The van der Waals surface area contributed by atoms with E-state index in [-0.39, 0.29) is 11.9 Å². The van der Waals surface area contributed by atoms with E-state index < -0.39 is 0 Å². The minimum absolute atomic E-state index is 0.103. The zero-order valence-electron chi connectivity index (χ0n) is 11.3. The van der Waals surface area contributed by atoms with Crippen LogP contribution in [0.3, 0.4) is 0 Å². The van der Waals surface area contributed by atoms with Crippen LogP contribution in [0.4, 0.5) is 0 Å². The van der Waals surface area contributed by atoms with Crippen molar-refractivity contribution in [2.24, 2.45) is 11.8 Å². The molecule has 0 spiro atoms. The maximum atomic E-state index is 12.1. The summed E-state index contributed by atoms with van der Waals surface area (Å²) in [5.41, 5.74) is 1.23. The Bertz CT molecular complexity index is 416. The lowest BCUT2D eigenvalue weighted by Gasteiger charge is -2.34. The molecule has 0 aromatic carbocycles. The molecule has 18 heavy (non-hydrogen) atoms. The predicted molar refractivity (Wildman–Crippen MR) is 70.2 cm³/mol. The number of aromatic nitrogens is 2. The molecule has 98 valence electrons. The summed E-state index contributed by atoms with van der Waals surface area (Å²) in [4.78, 5) is 20.3. The van der Waals surface area contributed by atoms with E-state index in [0.717, 1.165) is 12.1 Å². The Balaban J connectivity index is 2.00.